The minimum atomic E-state index is -0.0726. The van der Waals surface area contributed by atoms with E-state index in [1.54, 1.807) is 7.11 Å². The van der Waals surface area contributed by atoms with Crippen LogP contribution in [0, 0.1) is 11.8 Å². The molecule has 0 aromatic heterocycles. The Morgan fingerprint density at radius 1 is 1.13 bits per heavy atom. The standard InChI is InChI=1S/C26H29NO3/c1-19-18-27-26(29-19)16-21(13-12-20-8-4-3-5-9-20)24-15-14-23(28-2)17-25(24)30-22-10-6-7-11-22/h3-5,8-9,14-15,17,19,21-22H,6-7,10-11,16,18H2,1-2H3. The molecule has 2 aliphatic rings. The number of aliphatic imine (C=N–C) groups is 1. The minimum Gasteiger partial charge on any atom is -0.497 e. The lowest BCUT2D eigenvalue weighted by molar-refractivity contribution is 0.206. The van der Waals surface area contributed by atoms with E-state index in [-0.39, 0.29) is 18.1 Å². The molecule has 0 radical (unpaired) electrons. The highest BCUT2D eigenvalue weighted by Crippen LogP contribution is 2.36. The normalized spacial score (nSPS) is 19.4. The summed E-state index contributed by atoms with van der Waals surface area (Å²) in [5.74, 6) is 9.16. The first-order valence-electron chi connectivity index (χ1n) is 10.8. The van der Waals surface area contributed by atoms with E-state index < -0.39 is 0 Å². The van der Waals surface area contributed by atoms with Crippen LogP contribution >= 0.6 is 0 Å². The molecule has 2 unspecified atom stereocenters. The molecule has 2 atom stereocenters. The smallest absolute Gasteiger partial charge is 0.185 e. The van der Waals surface area contributed by atoms with Gasteiger partial charge in [-0.25, -0.2) is 0 Å². The number of hydrogen-bond acceptors (Lipinski definition) is 4. The molecule has 30 heavy (non-hydrogen) atoms. The van der Waals surface area contributed by atoms with Crippen LogP contribution in [-0.2, 0) is 4.74 Å². The summed E-state index contributed by atoms with van der Waals surface area (Å²) in [5.41, 5.74) is 2.06. The molecule has 4 rings (SSSR count). The van der Waals surface area contributed by atoms with Crippen molar-refractivity contribution in [2.24, 2.45) is 4.99 Å². The van der Waals surface area contributed by atoms with Crippen molar-refractivity contribution in [1.82, 2.24) is 0 Å². The van der Waals surface area contributed by atoms with E-state index >= 15 is 0 Å². The summed E-state index contributed by atoms with van der Waals surface area (Å²) in [6, 6.07) is 16.1. The van der Waals surface area contributed by atoms with Crippen molar-refractivity contribution >= 4 is 5.90 Å². The molecule has 2 aromatic rings. The van der Waals surface area contributed by atoms with Crippen LogP contribution in [-0.4, -0.2) is 31.8 Å². The fraction of sp³-hybridized carbons (Fsp3) is 0.423. The summed E-state index contributed by atoms with van der Waals surface area (Å²) < 4.78 is 17.8. The third-order valence-corrected chi connectivity index (χ3v) is 5.60. The van der Waals surface area contributed by atoms with Crippen molar-refractivity contribution in [2.75, 3.05) is 13.7 Å². The molecule has 0 N–H and O–H groups in total. The lowest BCUT2D eigenvalue weighted by Crippen LogP contribution is -2.15. The predicted molar refractivity (Wildman–Crippen MR) is 119 cm³/mol. The molecule has 0 spiro atoms. The SMILES string of the molecule is COc1ccc(C(C#Cc2ccccc2)CC2=NCC(C)O2)c(OC2CCCC2)c1. The second-order valence-corrected chi connectivity index (χ2v) is 7.98. The first kappa shape index (κ1) is 20.3. The van der Waals surface area contributed by atoms with E-state index in [1.165, 1.54) is 12.8 Å². The highest BCUT2D eigenvalue weighted by Gasteiger charge is 2.25. The second kappa shape index (κ2) is 9.71. The lowest BCUT2D eigenvalue weighted by atomic mass is 9.94. The van der Waals surface area contributed by atoms with Crippen molar-refractivity contribution in [1.29, 1.82) is 0 Å². The molecule has 0 bridgehead atoms. The molecule has 1 heterocycles. The van der Waals surface area contributed by atoms with Gasteiger partial charge in [0.1, 0.15) is 17.6 Å². The van der Waals surface area contributed by atoms with E-state index in [2.05, 4.69) is 22.9 Å². The highest BCUT2D eigenvalue weighted by molar-refractivity contribution is 5.79. The van der Waals surface area contributed by atoms with Gasteiger partial charge in [-0.15, -0.1) is 0 Å². The van der Waals surface area contributed by atoms with Gasteiger partial charge in [0.05, 0.1) is 25.7 Å². The first-order chi connectivity index (χ1) is 14.7. The van der Waals surface area contributed by atoms with Crippen LogP contribution in [0.1, 0.15) is 56.1 Å². The summed E-state index contributed by atoms with van der Waals surface area (Å²) >= 11 is 0. The molecule has 1 aliphatic carbocycles. The van der Waals surface area contributed by atoms with Gasteiger partial charge in [-0.1, -0.05) is 36.1 Å². The van der Waals surface area contributed by atoms with Crippen LogP contribution in [0.4, 0.5) is 0 Å². The lowest BCUT2D eigenvalue weighted by Gasteiger charge is -2.21. The zero-order valence-electron chi connectivity index (χ0n) is 17.8. The largest absolute Gasteiger partial charge is 0.497 e. The van der Waals surface area contributed by atoms with E-state index in [0.717, 1.165) is 41.4 Å². The summed E-state index contributed by atoms with van der Waals surface area (Å²) in [6.45, 7) is 2.76. The van der Waals surface area contributed by atoms with Gasteiger partial charge in [0.25, 0.3) is 0 Å². The van der Waals surface area contributed by atoms with Gasteiger partial charge >= 0.3 is 0 Å². The molecule has 1 fully saturated rings. The van der Waals surface area contributed by atoms with Crippen LogP contribution in [0.25, 0.3) is 0 Å². The fourth-order valence-electron chi connectivity index (χ4n) is 3.97. The van der Waals surface area contributed by atoms with Gasteiger partial charge in [-0.05, 0) is 50.8 Å². The van der Waals surface area contributed by atoms with E-state index in [4.69, 9.17) is 14.2 Å². The molecule has 0 amide bonds. The molecular formula is C26H29NO3. The number of benzene rings is 2. The Balaban J connectivity index is 1.67. The van der Waals surface area contributed by atoms with Crippen molar-refractivity contribution in [3.8, 4) is 23.3 Å². The average molecular weight is 404 g/mol. The monoisotopic (exact) mass is 403 g/mol. The predicted octanol–water partition coefficient (Wildman–Crippen LogP) is 5.36. The van der Waals surface area contributed by atoms with Gasteiger partial charge in [-0.3, -0.25) is 4.99 Å². The Bertz CT molecular complexity index is 936. The second-order valence-electron chi connectivity index (χ2n) is 7.98. The molecule has 4 heteroatoms. The van der Waals surface area contributed by atoms with Crippen molar-refractivity contribution in [3.05, 3.63) is 59.7 Å². The number of ether oxygens (including phenoxy) is 3. The molecule has 2 aromatic carbocycles. The number of hydrogen-bond donors (Lipinski definition) is 0. The Morgan fingerprint density at radius 2 is 1.93 bits per heavy atom. The summed E-state index contributed by atoms with van der Waals surface area (Å²) in [6.07, 6.45) is 5.69. The Labute approximate surface area is 179 Å². The van der Waals surface area contributed by atoms with Crippen LogP contribution < -0.4 is 9.47 Å². The number of rotatable bonds is 6. The zero-order valence-corrected chi connectivity index (χ0v) is 17.8. The van der Waals surface area contributed by atoms with Crippen LogP contribution in [0.15, 0.2) is 53.5 Å². The van der Waals surface area contributed by atoms with Gasteiger partial charge in [0.15, 0.2) is 5.90 Å². The maximum atomic E-state index is 6.44. The minimum absolute atomic E-state index is 0.0726. The van der Waals surface area contributed by atoms with Crippen molar-refractivity contribution < 1.29 is 14.2 Å². The molecule has 1 aliphatic heterocycles. The number of methoxy groups -OCH3 is 1. The molecule has 4 nitrogen and oxygen atoms in total. The van der Waals surface area contributed by atoms with E-state index in [1.807, 2.05) is 49.4 Å². The average Bonchev–Trinajstić information content (AvgIpc) is 3.43. The molecule has 0 saturated heterocycles. The summed E-state index contributed by atoms with van der Waals surface area (Å²) in [5, 5.41) is 0. The van der Waals surface area contributed by atoms with E-state index in [0.29, 0.717) is 13.0 Å². The number of nitrogens with zero attached hydrogens (tertiary/aromatic N) is 1. The third-order valence-electron chi connectivity index (χ3n) is 5.60. The summed E-state index contributed by atoms with van der Waals surface area (Å²) in [7, 11) is 1.68. The quantitative estimate of drug-likeness (QED) is 0.610. The van der Waals surface area contributed by atoms with Crippen molar-refractivity contribution in [3.63, 3.8) is 0 Å². The maximum Gasteiger partial charge on any atom is 0.185 e. The van der Waals surface area contributed by atoms with Gasteiger partial charge < -0.3 is 14.2 Å². The first-order valence-corrected chi connectivity index (χ1v) is 10.8. The van der Waals surface area contributed by atoms with Crippen LogP contribution in [0.5, 0.6) is 11.5 Å². The van der Waals surface area contributed by atoms with Gasteiger partial charge in [-0.2, -0.15) is 0 Å². The van der Waals surface area contributed by atoms with Gasteiger partial charge in [0, 0.05) is 23.6 Å². The van der Waals surface area contributed by atoms with Crippen LogP contribution in [0.3, 0.4) is 0 Å². The topological polar surface area (TPSA) is 40.0 Å². The zero-order chi connectivity index (χ0) is 20.8. The Hall–Kier alpha value is -2.93. The Morgan fingerprint density at radius 3 is 2.63 bits per heavy atom. The fourth-order valence-corrected chi connectivity index (χ4v) is 3.97. The Kier molecular flexibility index (Phi) is 6.59. The summed E-state index contributed by atoms with van der Waals surface area (Å²) in [4.78, 5) is 4.56. The maximum absolute atomic E-state index is 6.44. The molecule has 1 saturated carbocycles. The van der Waals surface area contributed by atoms with Gasteiger partial charge in [0.2, 0.25) is 0 Å². The molecule has 156 valence electrons. The van der Waals surface area contributed by atoms with Crippen molar-refractivity contribution in [2.45, 2.75) is 57.2 Å². The van der Waals surface area contributed by atoms with Crippen LogP contribution in [0.2, 0.25) is 0 Å². The molecular weight excluding hydrogens is 374 g/mol. The highest BCUT2D eigenvalue weighted by atomic mass is 16.5. The third kappa shape index (κ3) is 5.16. The van der Waals surface area contributed by atoms with E-state index in [9.17, 15) is 0 Å².